The molecule has 0 bridgehead atoms. The lowest BCUT2D eigenvalue weighted by Gasteiger charge is -2.15. The lowest BCUT2D eigenvalue weighted by atomic mass is 9.92. The van der Waals surface area contributed by atoms with E-state index in [9.17, 15) is 9.90 Å². The van der Waals surface area contributed by atoms with Gasteiger partial charge >= 0.3 is 5.97 Å². The van der Waals surface area contributed by atoms with Crippen LogP contribution >= 0.6 is 0 Å². The summed E-state index contributed by atoms with van der Waals surface area (Å²) in [6.45, 7) is 2.40. The maximum absolute atomic E-state index is 11.6. The molecule has 1 atom stereocenters. The summed E-state index contributed by atoms with van der Waals surface area (Å²) in [6, 6.07) is 12.4. The number of rotatable bonds is 7. The summed E-state index contributed by atoms with van der Waals surface area (Å²) in [5, 5.41) is 9.54. The van der Waals surface area contributed by atoms with Crippen molar-refractivity contribution in [2.24, 2.45) is 0 Å². The summed E-state index contributed by atoms with van der Waals surface area (Å²) in [5.41, 5.74) is 7.87. The SMILES string of the molecule is CCOc1cc(CC(C(=O)O)c2ccc(N)cc2)ccc1OC. The number of hydrogen-bond donors (Lipinski definition) is 2. The molecule has 1 unspecified atom stereocenters. The molecule has 122 valence electrons. The Labute approximate surface area is 135 Å². The van der Waals surface area contributed by atoms with Crippen LogP contribution in [-0.2, 0) is 11.2 Å². The zero-order valence-electron chi connectivity index (χ0n) is 13.3. The number of aliphatic carboxylic acids is 1. The third-order valence-electron chi connectivity index (χ3n) is 3.60. The molecule has 0 radical (unpaired) electrons. The number of nitrogens with two attached hydrogens (primary N) is 1. The largest absolute Gasteiger partial charge is 0.493 e. The zero-order valence-corrected chi connectivity index (χ0v) is 13.3. The van der Waals surface area contributed by atoms with Gasteiger partial charge in [0.15, 0.2) is 11.5 Å². The number of benzene rings is 2. The van der Waals surface area contributed by atoms with E-state index in [1.165, 1.54) is 0 Å². The summed E-state index contributed by atoms with van der Waals surface area (Å²) in [5.74, 6) is -0.258. The highest BCUT2D eigenvalue weighted by Gasteiger charge is 2.21. The second-order valence-electron chi connectivity index (χ2n) is 5.18. The molecular formula is C18H21NO4. The summed E-state index contributed by atoms with van der Waals surface area (Å²) in [6.07, 6.45) is 0.364. The molecule has 0 aliphatic carbocycles. The molecule has 0 aromatic heterocycles. The van der Waals surface area contributed by atoms with Crippen molar-refractivity contribution in [1.29, 1.82) is 0 Å². The highest BCUT2D eigenvalue weighted by atomic mass is 16.5. The van der Waals surface area contributed by atoms with Gasteiger partial charge in [-0.25, -0.2) is 0 Å². The molecule has 2 rings (SSSR count). The molecule has 23 heavy (non-hydrogen) atoms. The van der Waals surface area contributed by atoms with Crippen molar-refractivity contribution in [2.75, 3.05) is 19.5 Å². The fraction of sp³-hybridized carbons (Fsp3) is 0.278. The number of ether oxygens (including phenoxy) is 2. The maximum Gasteiger partial charge on any atom is 0.311 e. The molecular weight excluding hydrogens is 294 g/mol. The molecule has 0 aliphatic heterocycles. The van der Waals surface area contributed by atoms with Crippen molar-refractivity contribution in [2.45, 2.75) is 19.3 Å². The topological polar surface area (TPSA) is 81.8 Å². The number of methoxy groups -OCH3 is 1. The van der Waals surface area contributed by atoms with Crippen LogP contribution in [0.4, 0.5) is 5.69 Å². The summed E-state index contributed by atoms with van der Waals surface area (Å²) in [4.78, 5) is 11.6. The molecule has 0 fully saturated rings. The molecule has 0 spiro atoms. The molecule has 0 saturated heterocycles. The molecule has 0 amide bonds. The van der Waals surface area contributed by atoms with Crippen LogP contribution < -0.4 is 15.2 Å². The van der Waals surface area contributed by atoms with E-state index in [4.69, 9.17) is 15.2 Å². The maximum atomic E-state index is 11.6. The molecule has 5 nitrogen and oxygen atoms in total. The number of carboxylic acids is 1. The minimum absolute atomic E-state index is 0.364. The van der Waals surface area contributed by atoms with Gasteiger partial charge in [-0.2, -0.15) is 0 Å². The van der Waals surface area contributed by atoms with Crippen LogP contribution in [0.3, 0.4) is 0 Å². The van der Waals surface area contributed by atoms with Crippen LogP contribution in [0, 0.1) is 0 Å². The van der Waals surface area contributed by atoms with Crippen molar-refractivity contribution in [3.8, 4) is 11.5 Å². The summed E-state index contributed by atoms with van der Waals surface area (Å²) < 4.78 is 10.8. The Morgan fingerprint density at radius 3 is 2.43 bits per heavy atom. The fourth-order valence-electron chi connectivity index (χ4n) is 2.43. The lowest BCUT2D eigenvalue weighted by Crippen LogP contribution is -2.14. The molecule has 5 heteroatoms. The number of carboxylic acid groups (broad SMARTS) is 1. The normalized spacial score (nSPS) is 11.7. The van der Waals surface area contributed by atoms with Crippen molar-refractivity contribution in [3.05, 3.63) is 53.6 Å². The predicted octanol–water partition coefficient (Wildman–Crippen LogP) is 3.09. The van der Waals surface area contributed by atoms with Gasteiger partial charge in [-0.1, -0.05) is 18.2 Å². The molecule has 0 aliphatic rings. The standard InChI is InChI=1S/C18H21NO4/c1-3-23-17-11-12(4-9-16(17)22-2)10-15(18(20)21)13-5-7-14(19)8-6-13/h4-9,11,15H,3,10,19H2,1-2H3,(H,20,21). The quantitative estimate of drug-likeness (QED) is 0.767. The smallest absolute Gasteiger partial charge is 0.311 e. The highest BCUT2D eigenvalue weighted by molar-refractivity contribution is 5.76. The minimum Gasteiger partial charge on any atom is -0.493 e. The first-order chi connectivity index (χ1) is 11.0. The van der Waals surface area contributed by atoms with E-state index in [0.717, 1.165) is 11.1 Å². The third kappa shape index (κ3) is 4.16. The van der Waals surface area contributed by atoms with Crippen LogP contribution in [0.5, 0.6) is 11.5 Å². The number of nitrogen functional groups attached to an aromatic ring is 1. The zero-order chi connectivity index (χ0) is 16.8. The Bertz CT molecular complexity index is 667. The van der Waals surface area contributed by atoms with Gasteiger partial charge in [-0.3, -0.25) is 4.79 Å². The second kappa shape index (κ2) is 7.54. The number of hydrogen-bond acceptors (Lipinski definition) is 4. The Morgan fingerprint density at radius 2 is 1.87 bits per heavy atom. The van der Waals surface area contributed by atoms with Gasteiger partial charge in [0.2, 0.25) is 0 Å². The van der Waals surface area contributed by atoms with E-state index in [0.29, 0.717) is 30.2 Å². The minimum atomic E-state index is -0.872. The van der Waals surface area contributed by atoms with Crippen molar-refractivity contribution in [3.63, 3.8) is 0 Å². The van der Waals surface area contributed by atoms with E-state index >= 15 is 0 Å². The second-order valence-corrected chi connectivity index (χ2v) is 5.18. The molecule has 2 aromatic carbocycles. The predicted molar refractivity (Wildman–Crippen MR) is 89.1 cm³/mol. The van der Waals surface area contributed by atoms with Crippen LogP contribution in [0.1, 0.15) is 24.0 Å². The van der Waals surface area contributed by atoms with Crippen molar-refractivity contribution in [1.82, 2.24) is 0 Å². The number of carbonyl (C=O) groups is 1. The summed E-state index contributed by atoms with van der Waals surface area (Å²) in [7, 11) is 1.58. The first-order valence-electron chi connectivity index (χ1n) is 7.43. The number of anilines is 1. The van der Waals surface area contributed by atoms with E-state index in [1.54, 1.807) is 37.4 Å². The van der Waals surface area contributed by atoms with E-state index in [-0.39, 0.29) is 0 Å². The Kier molecular flexibility index (Phi) is 5.46. The van der Waals surface area contributed by atoms with Crippen LogP contribution in [-0.4, -0.2) is 24.8 Å². The Hall–Kier alpha value is -2.69. The van der Waals surface area contributed by atoms with Gasteiger partial charge in [0.05, 0.1) is 19.6 Å². The van der Waals surface area contributed by atoms with Gasteiger partial charge in [0, 0.05) is 5.69 Å². The fourth-order valence-corrected chi connectivity index (χ4v) is 2.43. The van der Waals surface area contributed by atoms with E-state index in [1.807, 2.05) is 19.1 Å². The monoisotopic (exact) mass is 315 g/mol. The third-order valence-corrected chi connectivity index (χ3v) is 3.60. The summed E-state index contributed by atoms with van der Waals surface area (Å²) >= 11 is 0. The Balaban J connectivity index is 2.28. The molecule has 2 aromatic rings. The highest BCUT2D eigenvalue weighted by Crippen LogP contribution is 2.30. The average Bonchev–Trinajstić information content (AvgIpc) is 2.54. The lowest BCUT2D eigenvalue weighted by molar-refractivity contribution is -0.138. The van der Waals surface area contributed by atoms with Gasteiger partial charge in [-0.05, 0) is 48.7 Å². The van der Waals surface area contributed by atoms with Gasteiger partial charge < -0.3 is 20.3 Å². The van der Waals surface area contributed by atoms with Crippen LogP contribution in [0.15, 0.2) is 42.5 Å². The van der Waals surface area contributed by atoms with Gasteiger partial charge in [0.1, 0.15) is 0 Å². The van der Waals surface area contributed by atoms with E-state index in [2.05, 4.69) is 0 Å². The van der Waals surface area contributed by atoms with Gasteiger partial charge in [0.25, 0.3) is 0 Å². The van der Waals surface area contributed by atoms with Crippen LogP contribution in [0.25, 0.3) is 0 Å². The Morgan fingerprint density at radius 1 is 1.17 bits per heavy atom. The first kappa shape index (κ1) is 16.7. The first-order valence-corrected chi connectivity index (χ1v) is 7.43. The van der Waals surface area contributed by atoms with Crippen molar-refractivity contribution >= 4 is 11.7 Å². The van der Waals surface area contributed by atoms with Crippen molar-refractivity contribution < 1.29 is 19.4 Å². The van der Waals surface area contributed by atoms with Gasteiger partial charge in [-0.15, -0.1) is 0 Å². The average molecular weight is 315 g/mol. The van der Waals surface area contributed by atoms with E-state index < -0.39 is 11.9 Å². The molecule has 0 saturated carbocycles. The van der Waals surface area contributed by atoms with Crippen LogP contribution in [0.2, 0.25) is 0 Å². The molecule has 3 N–H and O–H groups in total. The molecule has 0 heterocycles.